The topological polar surface area (TPSA) is 12.0 Å². The lowest BCUT2D eigenvalue weighted by atomic mass is 10.0. The van der Waals surface area contributed by atoms with Crippen molar-refractivity contribution in [2.24, 2.45) is 0 Å². The third kappa shape index (κ3) is 5.36. The Bertz CT molecular complexity index is 346. The first kappa shape index (κ1) is 15.5. The van der Waals surface area contributed by atoms with Crippen molar-refractivity contribution in [3.63, 3.8) is 0 Å². The van der Waals surface area contributed by atoms with Gasteiger partial charge in [-0.2, -0.15) is 0 Å². The number of unbranched alkanes of at least 4 members (excludes halogenated alkanes) is 1. The maximum atomic E-state index is 13.2. The van der Waals surface area contributed by atoms with Gasteiger partial charge in [0.2, 0.25) is 0 Å². The molecule has 3 heteroatoms. The van der Waals surface area contributed by atoms with Gasteiger partial charge in [-0.1, -0.05) is 38.3 Å². The van der Waals surface area contributed by atoms with E-state index >= 15 is 0 Å². The summed E-state index contributed by atoms with van der Waals surface area (Å²) in [5.74, 6) is -0.209. The molecule has 0 aliphatic rings. The molecule has 1 aromatic carbocycles. The monoisotopic (exact) mass is 271 g/mol. The Hall–Kier alpha value is -0.600. The molecule has 0 aromatic heterocycles. The predicted molar refractivity (Wildman–Crippen MR) is 76.7 cm³/mol. The molecule has 0 bridgehead atoms. The summed E-state index contributed by atoms with van der Waals surface area (Å²) in [7, 11) is 0. The highest BCUT2D eigenvalue weighted by molar-refractivity contribution is 6.31. The first-order valence-corrected chi connectivity index (χ1v) is 7.22. The zero-order chi connectivity index (χ0) is 13.4. The van der Waals surface area contributed by atoms with Crippen molar-refractivity contribution in [3.05, 3.63) is 34.6 Å². The number of nitrogens with one attached hydrogen (secondary N) is 1. The molecule has 0 saturated carbocycles. The van der Waals surface area contributed by atoms with Crippen LogP contribution in [-0.4, -0.2) is 12.6 Å². The van der Waals surface area contributed by atoms with Crippen molar-refractivity contribution in [1.82, 2.24) is 5.32 Å². The molecule has 0 spiro atoms. The fraction of sp³-hybridized carbons (Fsp3) is 0.600. The van der Waals surface area contributed by atoms with Crippen molar-refractivity contribution >= 4 is 11.6 Å². The van der Waals surface area contributed by atoms with Gasteiger partial charge in [-0.3, -0.25) is 0 Å². The normalized spacial score (nSPS) is 12.7. The van der Waals surface area contributed by atoms with Gasteiger partial charge in [0.05, 0.1) is 0 Å². The van der Waals surface area contributed by atoms with Crippen LogP contribution in [0.1, 0.15) is 45.1 Å². The first-order chi connectivity index (χ1) is 8.67. The van der Waals surface area contributed by atoms with Crippen molar-refractivity contribution in [2.45, 2.75) is 52.0 Å². The van der Waals surface area contributed by atoms with Crippen LogP contribution in [-0.2, 0) is 6.42 Å². The molecule has 1 aromatic rings. The van der Waals surface area contributed by atoms with Crippen LogP contribution in [0.25, 0.3) is 0 Å². The van der Waals surface area contributed by atoms with Gasteiger partial charge in [-0.05, 0) is 49.6 Å². The van der Waals surface area contributed by atoms with Crippen LogP contribution in [0.5, 0.6) is 0 Å². The Kier molecular flexibility index (Phi) is 7.29. The molecule has 18 heavy (non-hydrogen) atoms. The third-order valence-electron chi connectivity index (χ3n) is 3.06. The Morgan fingerprint density at radius 1 is 1.28 bits per heavy atom. The summed E-state index contributed by atoms with van der Waals surface area (Å²) >= 11 is 6.11. The molecular weight excluding hydrogens is 249 g/mol. The summed E-state index contributed by atoms with van der Waals surface area (Å²) in [4.78, 5) is 0. The van der Waals surface area contributed by atoms with E-state index in [1.807, 2.05) is 0 Å². The van der Waals surface area contributed by atoms with E-state index in [-0.39, 0.29) is 5.82 Å². The highest BCUT2D eigenvalue weighted by Gasteiger charge is 2.11. The van der Waals surface area contributed by atoms with E-state index in [2.05, 4.69) is 19.2 Å². The highest BCUT2D eigenvalue weighted by Crippen LogP contribution is 2.20. The van der Waals surface area contributed by atoms with Crippen molar-refractivity contribution in [1.29, 1.82) is 0 Å². The molecule has 1 nitrogen and oxygen atoms in total. The second-order valence-electron chi connectivity index (χ2n) is 4.73. The second-order valence-corrected chi connectivity index (χ2v) is 5.14. The summed E-state index contributed by atoms with van der Waals surface area (Å²) in [5.41, 5.74) is 0.904. The van der Waals surface area contributed by atoms with E-state index < -0.39 is 0 Å². The van der Waals surface area contributed by atoms with E-state index in [0.717, 1.165) is 31.4 Å². The summed E-state index contributed by atoms with van der Waals surface area (Å²) in [5, 5.41) is 4.18. The van der Waals surface area contributed by atoms with Crippen LogP contribution in [0, 0.1) is 5.82 Å². The van der Waals surface area contributed by atoms with Crippen LogP contribution in [0.4, 0.5) is 4.39 Å². The van der Waals surface area contributed by atoms with Crippen molar-refractivity contribution < 1.29 is 4.39 Å². The van der Waals surface area contributed by atoms with Crippen LogP contribution >= 0.6 is 11.6 Å². The Labute approximate surface area is 115 Å². The van der Waals surface area contributed by atoms with E-state index in [1.54, 1.807) is 12.1 Å². The molecule has 0 amide bonds. The van der Waals surface area contributed by atoms with E-state index in [4.69, 9.17) is 11.6 Å². The molecule has 0 radical (unpaired) electrons. The molecule has 1 unspecified atom stereocenters. The van der Waals surface area contributed by atoms with Gasteiger partial charge in [-0.25, -0.2) is 4.39 Å². The summed E-state index contributed by atoms with van der Waals surface area (Å²) < 4.78 is 13.2. The lowest BCUT2D eigenvalue weighted by Gasteiger charge is -2.19. The van der Waals surface area contributed by atoms with Crippen molar-refractivity contribution in [3.8, 4) is 0 Å². The second kappa shape index (κ2) is 8.49. The summed E-state index contributed by atoms with van der Waals surface area (Å²) in [6.07, 6.45) is 5.40. The molecule has 1 N–H and O–H groups in total. The van der Waals surface area contributed by atoms with Gasteiger partial charge in [0.1, 0.15) is 5.82 Å². The zero-order valence-electron chi connectivity index (χ0n) is 11.3. The lowest BCUT2D eigenvalue weighted by Crippen LogP contribution is -2.31. The number of halogens is 2. The van der Waals surface area contributed by atoms with Gasteiger partial charge in [0.15, 0.2) is 0 Å². The van der Waals surface area contributed by atoms with Crippen molar-refractivity contribution in [2.75, 3.05) is 6.54 Å². The Balaban J connectivity index is 2.65. The maximum absolute atomic E-state index is 13.2. The predicted octanol–water partition coefficient (Wildman–Crippen LogP) is 4.58. The van der Waals surface area contributed by atoms with E-state index in [1.165, 1.54) is 18.9 Å². The molecule has 0 aliphatic heterocycles. The quantitative estimate of drug-likeness (QED) is 0.730. The molecule has 0 heterocycles. The Morgan fingerprint density at radius 3 is 2.72 bits per heavy atom. The van der Waals surface area contributed by atoms with Gasteiger partial charge in [0.25, 0.3) is 0 Å². The summed E-state index contributed by atoms with van der Waals surface area (Å²) in [6.45, 7) is 5.34. The van der Waals surface area contributed by atoms with Crippen LogP contribution in [0.2, 0.25) is 5.02 Å². The van der Waals surface area contributed by atoms with Gasteiger partial charge < -0.3 is 5.32 Å². The smallest absolute Gasteiger partial charge is 0.123 e. The minimum atomic E-state index is -0.209. The maximum Gasteiger partial charge on any atom is 0.123 e. The minimum Gasteiger partial charge on any atom is -0.314 e. The number of rotatable bonds is 8. The SMILES string of the molecule is CCCCC(Cc1cc(F)ccc1Cl)NCCC. The molecule has 0 aliphatic carbocycles. The molecule has 0 fully saturated rings. The van der Waals surface area contributed by atoms with E-state index in [9.17, 15) is 4.39 Å². The van der Waals surface area contributed by atoms with Gasteiger partial charge in [0, 0.05) is 11.1 Å². The average molecular weight is 272 g/mol. The van der Waals surface area contributed by atoms with E-state index in [0.29, 0.717) is 11.1 Å². The third-order valence-corrected chi connectivity index (χ3v) is 3.43. The van der Waals surface area contributed by atoms with Crippen LogP contribution < -0.4 is 5.32 Å². The minimum absolute atomic E-state index is 0.209. The first-order valence-electron chi connectivity index (χ1n) is 6.84. The lowest BCUT2D eigenvalue weighted by molar-refractivity contribution is 0.461. The van der Waals surface area contributed by atoms with Gasteiger partial charge in [-0.15, -0.1) is 0 Å². The van der Waals surface area contributed by atoms with Crippen LogP contribution in [0.3, 0.4) is 0 Å². The summed E-state index contributed by atoms with van der Waals surface area (Å²) in [6, 6.07) is 4.99. The number of hydrogen-bond acceptors (Lipinski definition) is 1. The number of hydrogen-bond donors (Lipinski definition) is 1. The molecule has 1 atom stereocenters. The fourth-order valence-electron chi connectivity index (χ4n) is 2.04. The molecule has 102 valence electrons. The highest BCUT2D eigenvalue weighted by atomic mass is 35.5. The Morgan fingerprint density at radius 2 is 2.06 bits per heavy atom. The number of benzene rings is 1. The average Bonchev–Trinajstić information content (AvgIpc) is 2.37. The van der Waals surface area contributed by atoms with Gasteiger partial charge >= 0.3 is 0 Å². The fourth-order valence-corrected chi connectivity index (χ4v) is 2.24. The molecular formula is C15H23ClFN. The van der Waals surface area contributed by atoms with Crippen LogP contribution in [0.15, 0.2) is 18.2 Å². The zero-order valence-corrected chi connectivity index (χ0v) is 12.1. The largest absolute Gasteiger partial charge is 0.314 e. The molecule has 1 rings (SSSR count). The standard InChI is InChI=1S/C15H23ClFN/c1-3-5-6-14(18-9-4-2)11-12-10-13(17)7-8-15(12)16/h7-8,10,14,18H,3-6,9,11H2,1-2H3. The molecule has 0 saturated heterocycles.